The highest BCUT2D eigenvalue weighted by Crippen LogP contribution is 2.36. The minimum Gasteiger partial charge on any atom is -0.493 e. The zero-order valence-electron chi connectivity index (χ0n) is 12.0. The Bertz CT molecular complexity index is 645. The molecule has 0 saturated carbocycles. The molecular formula is C16H18N2O3S. The van der Waals surface area contributed by atoms with Crippen LogP contribution in [0.25, 0.3) is 0 Å². The van der Waals surface area contributed by atoms with Crippen molar-refractivity contribution >= 4 is 17.4 Å². The van der Waals surface area contributed by atoms with E-state index < -0.39 is 5.60 Å². The van der Waals surface area contributed by atoms with Crippen LogP contribution < -0.4 is 15.4 Å². The monoisotopic (exact) mass is 318 g/mol. The highest BCUT2D eigenvalue weighted by molar-refractivity contribution is 7.09. The molecule has 0 spiro atoms. The van der Waals surface area contributed by atoms with Crippen molar-refractivity contribution in [3.63, 3.8) is 0 Å². The summed E-state index contributed by atoms with van der Waals surface area (Å²) in [6, 6.07) is 11.0. The number of benzene rings is 1. The van der Waals surface area contributed by atoms with Gasteiger partial charge in [-0.25, -0.2) is 4.79 Å². The molecule has 1 atom stereocenters. The lowest BCUT2D eigenvalue weighted by Crippen LogP contribution is -2.46. The zero-order valence-corrected chi connectivity index (χ0v) is 12.9. The third kappa shape index (κ3) is 3.23. The molecule has 2 amide bonds. The molecule has 0 aliphatic carbocycles. The number of aliphatic hydroxyl groups is 1. The zero-order chi connectivity index (χ0) is 15.4. The Morgan fingerprint density at radius 1 is 1.27 bits per heavy atom. The van der Waals surface area contributed by atoms with Crippen LogP contribution in [-0.4, -0.2) is 24.3 Å². The molecule has 6 heteroatoms. The number of carbonyl (C=O) groups is 1. The largest absolute Gasteiger partial charge is 0.493 e. The molecule has 0 radical (unpaired) electrons. The van der Waals surface area contributed by atoms with E-state index in [1.54, 1.807) is 11.3 Å². The van der Waals surface area contributed by atoms with E-state index >= 15 is 0 Å². The number of para-hydroxylation sites is 1. The number of fused-ring (bicyclic) bond motifs is 1. The molecule has 3 rings (SSSR count). The average molecular weight is 318 g/mol. The van der Waals surface area contributed by atoms with Gasteiger partial charge < -0.3 is 20.5 Å². The molecule has 116 valence electrons. The molecule has 1 unspecified atom stereocenters. The number of rotatable bonds is 4. The number of nitrogens with one attached hydrogen (secondary N) is 2. The van der Waals surface area contributed by atoms with Crippen LogP contribution in [0.15, 0.2) is 41.8 Å². The van der Waals surface area contributed by atoms with Crippen molar-refractivity contribution in [1.82, 2.24) is 10.6 Å². The Kier molecular flexibility index (Phi) is 4.31. The molecule has 1 aromatic carbocycles. The van der Waals surface area contributed by atoms with Gasteiger partial charge in [-0.1, -0.05) is 24.3 Å². The Balaban J connectivity index is 1.58. The normalized spacial score (nSPS) is 19.9. The summed E-state index contributed by atoms with van der Waals surface area (Å²) in [4.78, 5) is 13.0. The van der Waals surface area contributed by atoms with E-state index in [0.717, 1.165) is 10.4 Å². The molecule has 0 fully saturated rings. The smallest absolute Gasteiger partial charge is 0.315 e. The number of ether oxygens (including phenoxy) is 1. The Labute approximate surface area is 132 Å². The third-order valence-electron chi connectivity index (χ3n) is 3.71. The van der Waals surface area contributed by atoms with Crippen molar-refractivity contribution in [1.29, 1.82) is 0 Å². The summed E-state index contributed by atoms with van der Waals surface area (Å²) in [6.45, 7) is 1.08. The number of amides is 2. The maximum Gasteiger partial charge on any atom is 0.315 e. The molecule has 5 nitrogen and oxygen atoms in total. The van der Waals surface area contributed by atoms with Crippen LogP contribution in [-0.2, 0) is 12.1 Å². The number of thiophene rings is 1. The first-order valence-corrected chi connectivity index (χ1v) is 8.04. The number of carbonyl (C=O) groups excluding carboxylic acids is 1. The van der Waals surface area contributed by atoms with Crippen molar-refractivity contribution in [2.24, 2.45) is 0 Å². The topological polar surface area (TPSA) is 70.6 Å². The molecule has 1 aliphatic rings. The number of urea groups is 1. The van der Waals surface area contributed by atoms with Gasteiger partial charge in [-0.2, -0.15) is 0 Å². The lowest BCUT2D eigenvalue weighted by atomic mass is 9.88. The van der Waals surface area contributed by atoms with Crippen LogP contribution in [0, 0.1) is 0 Å². The highest BCUT2D eigenvalue weighted by atomic mass is 32.1. The first-order chi connectivity index (χ1) is 10.7. The molecule has 2 aromatic rings. The van der Waals surface area contributed by atoms with Crippen LogP contribution in [0.1, 0.15) is 16.9 Å². The van der Waals surface area contributed by atoms with Gasteiger partial charge in [-0.05, 0) is 17.5 Å². The lowest BCUT2D eigenvalue weighted by Gasteiger charge is -2.34. The van der Waals surface area contributed by atoms with Gasteiger partial charge in [0.15, 0.2) is 0 Å². The first-order valence-electron chi connectivity index (χ1n) is 7.16. The molecule has 22 heavy (non-hydrogen) atoms. The number of hydrogen-bond donors (Lipinski definition) is 3. The molecule has 0 bridgehead atoms. The molecule has 3 N–H and O–H groups in total. The fourth-order valence-electron chi connectivity index (χ4n) is 2.49. The van der Waals surface area contributed by atoms with Gasteiger partial charge in [-0.15, -0.1) is 11.3 Å². The number of hydrogen-bond acceptors (Lipinski definition) is 4. The van der Waals surface area contributed by atoms with E-state index in [1.165, 1.54) is 0 Å². The van der Waals surface area contributed by atoms with Crippen molar-refractivity contribution in [2.75, 3.05) is 13.2 Å². The SMILES string of the molecule is O=C(NCc1cccs1)NCC1(O)CCOc2ccccc21. The van der Waals surface area contributed by atoms with E-state index in [-0.39, 0.29) is 12.6 Å². The van der Waals surface area contributed by atoms with Gasteiger partial charge in [-0.3, -0.25) is 0 Å². The lowest BCUT2D eigenvalue weighted by molar-refractivity contribution is 0.0000643. The summed E-state index contributed by atoms with van der Waals surface area (Å²) in [5.74, 6) is 0.678. The summed E-state index contributed by atoms with van der Waals surface area (Å²) in [7, 11) is 0. The highest BCUT2D eigenvalue weighted by Gasteiger charge is 2.35. The second-order valence-electron chi connectivity index (χ2n) is 5.24. The van der Waals surface area contributed by atoms with Crippen LogP contribution in [0.4, 0.5) is 4.79 Å². The maximum atomic E-state index is 11.9. The minimum absolute atomic E-state index is 0.156. The second-order valence-corrected chi connectivity index (χ2v) is 6.27. The summed E-state index contributed by atoms with van der Waals surface area (Å²) in [5, 5.41) is 18.3. The van der Waals surface area contributed by atoms with Gasteiger partial charge in [0, 0.05) is 16.9 Å². The van der Waals surface area contributed by atoms with Gasteiger partial charge in [0.2, 0.25) is 0 Å². The van der Waals surface area contributed by atoms with Crippen molar-refractivity contribution in [3.05, 3.63) is 52.2 Å². The minimum atomic E-state index is -1.09. The van der Waals surface area contributed by atoms with E-state index in [9.17, 15) is 9.90 Å². The van der Waals surface area contributed by atoms with E-state index in [1.807, 2.05) is 41.8 Å². The standard InChI is InChI=1S/C16H18N2O3S/c19-15(17-10-12-4-3-9-22-12)18-11-16(20)7-8-21-14-6-2-1-5-13(14)16/h1-6,9,20H,7-8,10-11H2,(H2,17,18,19). The predicted octanol–water partition coefficient (Wildman–Crippen LogP) is 2.22. The molecule has 0 saturated heterocycles. The summed E-state index contributed by atoms with van der Waals surface area (Å²) < 4.78 is 5.54. The Morgan fingerprint density at radius 3 is 2.95 bits per heavy atom. The maximum absolute atomic E-state index is 11.9. The van der Waals surface area contributed by atoms with Gasteiger partial charge in [0.05, 0.1) is 19.7 Å². The van der Waals surface area contributed by atoms with Crippen molar-refractivity contribution < 1.29 is 14.6 Å². The second kappa shape index (κ2) is 6.37. The van der Waals surface area contributed by atoms with Crippen LogP contribution in [0.2, 0.25) is 0 Å². The summed E-state index contributed by atoms with van der Waals surface area (Å²) in [5.41, 5.74) is -0.366. The van der Waals surface area contributed by atoms with Gasteiger partial charge in [0.1, 0.15) is 11.4 Å². The molecule has 1 aliphatic heterocycles. The Morgan fingerprint density at radius 2 is 2.14 bits per heavy atom. The third-order valence-corrected chi connectivity index (χ3v) is 4.58. The van der Waals surface area contributed by atoms with E-state index in [2.05, 4.69) is 10.6 Å². The quantitative estimate of drug-likeness (QED) is 0.809. The van der Waals surface area contributed by atoms with Crippen LogP contribution >= 0.6 is 11.3 Å². The van der Waals surface area contributed by atoms with E-state index in [0.29, 0.717) is 25.3 Å². The Hall–Kier alpha value is -2.05. The summed E-state index contributed by atoms with van der Waals surface area (Å²) >= 11 is 1.59. The fraction of sp³-hybridized carbons (Fsp3) is 0.312. The van der Waals surface area contributed by atoms with Gasteiger partial charge in [0.25, 0.3) is 0 Å². The van der Waals surface area contributed by atoms with Crippen molar-refractivity contribution in [2.45, 2.75) is 18.6 Å². The molecule has 1 aromatic heterocycles. The predicted molar refractivity (Wildman–Crippen MR) is 85.0 cm³/mol. The summed E-state index contributed by atoms with van der Waals surface area (Å²) in [6.07, 6.45) is 0.454. The van der Waals surface area contributed by atoms with Crippen LogP contribution in [0.3, 0.4) is 0 Å². The molecular weight excluding hydrogens is 300 g/mol. The molecule has 2 heterocycles. The van der Waals surface area contributed by atoms with Crippen LogP contribution in [0.5, 0.6) is 5.75 Å². The first kappa shape index (κ1) is 14.9. The van der Waals surface area contributed by atoms with Crippen molar-refractivity contribution in [3.8, 4) is 5.75 Å². The van der Waals surface area contributed by atoms with Gasteiger partial charge >= 0.3 is 6.03 Å². The van der Waals surface area contributed by atoms with E-state index in [4.69, 9.17) is 4.74 Å². The average Bonchev–Trinajstić information content (AvgIpc) is 3.05. The fourth-order valence-corrected chi connectivity index (χ4v) is 3.14.